The maximum Gasteiger partial charge on any atom is 0.339 e. The number of carbonyl (C=O) groups is 3. The van der Waals surface area contributed by atoms with Gasteiger partial charge in [-0.05, 0) is 47.8 Å². The fourth-order valence-electron chi connectivity index (χ4n) is 7.27. The van der Waals surface area contributed by atoms with Crippen LogP contribution in [0.5, 0.6) is 0 Å². The van der Waals surface area contributed by atoms with Gasteiger partial charge in [-0.1, -0.05) is 40.3 Å². The van der Waals surface area contributed by atoms with E-state index in [1.165, 1.54) is 7.11 Å². The summed E-state index contributed by atoms with van der Waals surface area (Å²) in [5.74, 6) is -1.15. The molecule has 0 unspecified atom stereocenters. The summed E-state index contributed by atoms with van der Waals surface area (Å²) in [7, 11) is 1.36. The molecule has 0 radical (unpaired) electrons. The Balaban J connectivity index is 1.57. The molecule has 7 nitrogen and oxygen atoms in total. The van der Waals surface area contributed by atoms with E-state index in [4.69, 9.17) is 18.6 Å². The third kappa shape index (κ3) is 2.76. The number of ether oxygens (including phenoxy) is 3. The van der Waals surface area contributed by atoms with E-state index in [9.17, 15) is 14.4 Å². The first kappa shape index (κ1) is 23.1. The maximum atomic E-state index is 12.9. The Morgan fingerprint density at radius 3 is 2.59 bits per heavy atom. The lowest BCUT2D eigenvalue weighted by Crippen LogP contribution is -2.58. The van der Waals surface area contributed by atoms with Gasteiger partial charge in [-0.15, -0.1) is 0 Å². The number of hydrogen-bond acceptors (Lipinski definition) is 7. The topological polar surface area (TPSA) is 95.3 Å². The highest BCUT2D eigenvalue weighted by Crippen LogP contribution is 2.72. The van der Waals surface area contributed by atoms with Gasteiger partial charge < -0.3 is 18.6 Å². The van der Waals surface area contributed by atoms with Gasteiger partial charge in [0.15, 0.2) is 11.9 Å². The van der Waals surface area contributed by atoms with Gasteiger partial charge in [-0.2, -0.15) is 0 Å². The normalized spacial score (nSPS) is 42.4. The van der Waals surface area contributed by atoms with Gasteiger partial charge in [0.2, 0.25) is 0 Å². The molecule has 3 fully saturated rings. The Morgan fingerprint density at radius 1 is 1.21 bits per heavy atom. The first-order valence-electron chi connectivity index (χ1n) is 11.8. The molecule has 4 aliphatic rings. The quantitative estimate of drug-likeness (QED) is 0.368. The lowest BCUT2D eigenvalue weighted by Gasteiger charge is -2.56. The van der Waals surface area contributed by atoms with Crippen LogP contribution in [-0.4, -0.2) is 36.5 Å². The summed E-state index contributed by atoms with van der Waals surface area (Å²) in [4.78, 5) is 38.2. The molecule has 7 heteroatoms. The number of hydrogen-bond donors (Lipinski definition) is 0. The molecular weight excluding hydrogens is 436 g/mol. The van der Waals surface area contributed by atoms with E-state index >= 15 is 0 Å². The minimum atomic E-state index is -0.856. The molecule has 1 aromatic rings. The Labute approximate surface area is 199 Å². The number of furan rings is 1. The van der Waals surface area contributed by atoms with Crippen molar-refractivity contribution in [2.24, 2.45) is 28.1 Å². The van der Waals surface area contributed by atoms with Crippen molar-refractivity contribution in [2.45, 2.75) is 64.8 Å². The van der Waals surface area contributed by atoms with Crippen molar-refractivity contribution in [3.8, 4) is 0 Å². The highest BCUT2D eigenvalue weighted by Gasteiger charge is 2.80. The fraction of sp³-hybridized carbons (Fsp3) is 0.593. The minimum absolute atomic E-state index is 0.00915. The van der Waals surface area contributed by atoms with Crippen LogP contribution < -0.4 is 0 Å². The molecule has 182 valence electrons. The molecule has 34 heavy (non-hydrogen) atoms. The van der Waals surface area contributed by atoms with E-state index in [2.05, 4.69) is 20.4 Å². The molecule has 1 saturated carbocycles. The van der Waals surface area contributed by atoms with Gasteiger partial charge >= 0.3 is 11.9 Å². The Bertz CT molecular complexity index is 1100. The molecule has 0 bridgehead atoms. The van der Waals surface area contributed by atoms with Gasteiger partial charge in [0.25, 0.3) is 0 Å². The smallest absolute Gasteiger partial charge is 0.339 e. The van der Waals surface area contributed by atoms with Crippen LogP contribution in [0.3, 0.4) is 0 Å². The SMILES string of the molecule is C=C1[C@@H]([C@@]2(C)C=CC(=O)C(C)(C)[C@@H]2CC(=O)OC)CC[C@@]2(C)[C@@H](c3ccoc3)OC(=O)[C@H]3O[C@@]132. The number of ketones is 1. The summed E-state index contributed by atoms with van der Waals surface area (Å²) < 4.78 is 22.4. The van der Waals surface area contributed by atoms with Crippen molar-refractivity contribution < 1.29 is 33.0 Å². The second-order valence-electron chi connectivity index (χ2n) is 11.3. The molecule has 7 atom stereocenters. The maximum absolute atomic E-state index is 12.9. The Kier molecular flexibility index (Phi) is 4.87. The number of esters is 2. The van der Waals surface area contributed by atoms with Gasteiger partial charge in [-0.25, -0.2) is 4.79 Å². The van der Waals surface area contributed by atoms with Crippen LogP contribution in [0.4, 0.5) is 0 Å². The summed E-state index contributed by atoms with van der Waals surface area (Å²) in [6, 6.07) is 1.82. The van der Waals surface area contributed by atoms with E-state index < -0.39 is 40.0 Å². The highest BCUT2D eigenvalue weighted by atomic mass is 16.7. The summed E-state index contributed by atoms with van der Waals surface area (Å²) in [6.45, 7) is 12.5. The average Bonchev–Trinajstić information content (AvgIpc) is 3.35. The van der Waals surface area contributed by atoms with Crippen LogP contribution in [0.2, 0.25) is 0 Å². The zero-order chi connectivity index (χ0) is 24.7. The van der Waals surface area contributed by atoms with Crippen LogP contribution in [0.25, 0.3) is 0 Å². The summed E-state index contributed by atoms with van der Waals surface area (Å²) in [6.07, 6.45) is 7.16. The van der Waals surface area contributed by atoms with Crippen molar-refractivity contribution in [3.63, 3.8) is 0 Å². The second kappa shape index (κ2) is 7.17. The van der Waals surface area contributed by atoms with E-state index in [1.54, 1.807) is 18.6 Å². The first-order valence-corrected chi connectivity index (χ1v) is 11.8. The van der Waals surface area contributed by atoms with Crippen LogP contribution in [-0.2, 0) is 28.6 Å². The third-order valence-electron chi connectivity index (χ3n) is 9.39. The number of allylic oxidation sites excluding steroid dienone is 2. The summed E-state index contributed by atoms with van der Waals surface area (Å²) in [5, 5.41) is 0. The molecule has 2 aliphatic carbocycles. The number of carbonyl (C=O) groups excluding carboxylic acids is 3. The van der Waals surface area contributed by atoms with Gasteiger partial charge in [-0.3, -0.25) is 9.59 Å². The van der Waals surface area contributed by atoms with E-state index in [0.717, 1.165) is 24.0 Å². The number of cyclic esters (lactones) is 1. The van der Waals surface area contributed by atoms with Crippen LogP contribution >= 0.6 is 0 Å². The molecule has 0 N–H and O–H groups in total. The first-order chi connectivity index (χ1) is 15.9. The summed E-state index contributed by atoms with van der Waals surface area (Å²) >= 11 is 0. The van der Waals surface area contributed by atoms with E-state index in [1.807, 2.05) is 26.0 Å². The third-order valence-corrected chi connectivity index (χ3v) is 9.39. The molecule has 2 saturated heterocycles. The molecular formula is C27H32O7. The standard InChI is InChI=1S/C27H32O7/c1-15-17(25(4)10-8-19(28)24(2,3)18(25)13-20(29)31-6)7-11-26(5)21(16-9-12-32-14-16)33-23(30)22-27(15,26)34-22/h8-10,12,14,17-18,21-22H,1,7,11,13H2,2-6H3/t17-,18-,21+,22+,25+,26-,27-/m0/s1. The molecule has 0 aromatic carbocycles. The number of methoxy groups -OCH3 is 1. The van der Waals surface area contributed by atoms with Crippen LogP contribution in [0, 0.1) is 28.1 Å². The average molecular weight is 469 g/mol. The second-order valence-corrected chi connectivity index (χ2v) is 11.3. The molecule has 2 aliphatic heterocycles. The summed E-state index contributed by atoms with van der Waals surface area (Å²) in [5.41, 5.74) is -1.04. The van der Waals surface area contributed by atoms with Gasteiger partial charge in [0.05, 0.1) is 26.1 Å². The van der Waals surface area contributed by atoms with Crippen molar-refractivity contribution in [1.29, 1.82) is 0 Å². The Hall–Kier alpha value is -2.67. The lowest BCUT2D eigenvalue weighted by atomic mass is 9.47. The fourth-order valence-corrected chi connectivity index (χ4v) is 7.27. The highest BCUT2D eigenvalue weighted by molar-refractivity contribution is 5.96. The van der Waals surface area contributed by atoms with Crippen LogP contribution in [0.15, 0.2) is 47.3 Å². The predicted octanol–water partition coefficient (Wildman–Crippen LogP) is 4.34. The molecule has 1 aromatic heterocycles. The van der Waals surface area contributed by atoms with Crippen molar-refractivity contribution in [2.75, 3.05) is 7.11 Å². The van der Waals surface area contributed by atoms with E-state index in [-0.39, 0.29) is 30.0 Å². The number of epoxide rings is 1. The van der Waals surface area contributed by atoms with Gasteiger partial charge in [0.1, 0.15) is 11.7 Å². The van der Waals surface area contributed by atoms with Crippen molar-refractivity contribution in [1.82, 2.24) is 0 Å². The van der Waals surface area contributed by atoms with E-state index in [0.29, 0.717) is 0 Å². The minimum Gasteiger partial charge on any atom is -0.472 e. The molecule has 3 heterocycles. The molecule has 1 spiro atoms. The molecule has 5 rings (SSSR count). The van der Waals surface area contributed by atoms with Crippen molar-refractivity contribution >= 4 is 17.7 Å². The van der Waals surface area contributed by atoms with Crippen LogP contribution in [0.1, 0.15) is 58.6 Å². The molecule has 0 amide bonds. The van der Waals surface area contributed by atoms with Gasteiger partial charge in [0, 0.05) is 16.4 Å². The zero-order valence-corrected chi connectivity index (χ0v) is 20.4. The Morgan fingerprint density at radius 2 is 1.94 bits per heavy atom. The largest absolute Gasteiger partial charge is 0.472 e. The predicted molar refractivity (Wildman–Crippen MR) is 121 cm³/mol. The number of rotatable bonds is 4. The monoisotopic (exact) mass is 468 g/mol. The zero-order valence-electron chi connectivity index (χ0n) is 20.4. The lowest BCUT2D eigenvalue weighted by molar-refractivity contribution is -0.168. The van der Waals surface area contributed by atoms with Crippen molar-refractivity contribution in [3.05, 3.63) is 48.5 Å².